The van der Waals surface area contributed by atoms with E-state index in [2.05, 4.69) is 39.4 Å². The molecule has 0 aliphatic heterocycles. The monoisotopic (exact) mass is 314 g/mol. The lowest BCUT2D eigenvalue weighted by Crippen LogP contribution is -2.28. The van der Waals surface area contributed by atoms with E-state index in [0.717, 1.165) is 41.0 Å². The normalized spacial score (nSPS) is 17.7. The van der Waals surface area contributed by atoms with Gasteiger partial charge in [-0.2, -0.15) is 0 Å². The van der Waals surface area contributed by atoms with E-state index >= 15 is 0 Å². The molecule has 3 aromatic heterocycles. The predicted octanol–water partition coefficient (Wildman–Crippen LogP) is 2.41. The number of nitrogens with one attached hydrogen (secondary N) is 1. The van der Waals surface area contributed by atoms with Crippen LogP contribution in [-0.2, 0) is 19.9 Å². The zero-order chi connectivity index (χ0) is 15.3. The van der Waals surface area contributed by atoms with Gasteiger partial charge in [-0.25, -0.2) is 9.97 Å². The number of hydrogen-bond acceptors (Lipinski definition) is 6. The molecule has 114 valence electrons. The van der Waals surface area contributed by atoms with E-state index in [-0.39, 0.29) is 0 Å². The standard InChI is InChI=1S/C15H18N6S/c1-8-9(2)22-15-13(8)14(16-7-17-15)18-10-4-5-12-11(6-10)19-20-21(12)3/h7,10H,4-6H2,1-3H3,(H,16,17,18). The Morgan fingerprint density at radius 2 is 2.18 bits per heavy atom. The Morgan fingerprint density at radius 3 is 3.05 bits per heavy atom. The Hall–Kier alpha value is -2.02. The smallest absolute Gasteiger partial charge is 0.138 e. The van der Waals surface area contributed by atoms with Crippen LogP contribution in [0.4, 0.5) is 5.82 Å². The molecule has 22 heavy (non-hydrogen) atoms. The lowest BCUT2D eigenvalue weighted by Gasteiger charge is -2.23. The Bertz CT molecular complexity index is 849. The highest BCUT2D eigenvalue weighted by atomic mass is 32.1. The molecule has 0 saturated carbocycles. The van der Waals surface area contributed by atoms with Crippen LogP contribution >= 0.6 is 11.3 Å². The van der Waals surface area contributed by atoms with Gasteiger partial charge in [-0.15, -0.1) is 16.4 Å². The highest BCUT2D eigenvalue weighted by Crippen LogP contribution is 2.33. The van der Waals surface area contributed by atoms with E-state index in [9.17, 15) is 0 Å². The number of aromatic nitrogens is 5. The van der Waals surface area contributed by atoms with Crippen molar-refractivity contribution in [2.75, 3.05) is 5.32 Å². The fourth-order valence-corrected chi connectivity index (χ4v) is 4.14. The summed E-state index contributed by atoms with van der Waals surface area (Å²) in [5.74, 6) is 0.948. The number of hydrogen-bond donors (Lipinski definition) is 1. The summed E-state index contributed by atoms with van der Waals surface area (Å²) in [4.78, 5) is 11.2. The maximum Gasteiger partial charge on any atom is 0.138 e. The summed E-state index contributed by atoms with van der Waals surface area (Å²) in [6, 6.07) is 0.349. The van der Waals surface area contributed by atoms with Gasteiger partial charge in [0.2, 0.25) is 0 Å². The third kappa shape index (κ3) is 2.08. The minimum atomic E-state index is 0.349. The van der Waals surface area contributed by atoms with Crippen LogP contribution in [0.15, 0.2) is 6.33 Å². The van der Waals surface area contributed by atoms with Gasteiger partial charge < -0.3 is 5.32 Å². The van der Waals surface area contributed by atoms with Crippen molar-refractivity contribution >= 4 is 27.4 Å². The Labute approximate surface area is 132 Å². The number of nitrogens with zero attached hydrogens (tertiary/aromatic N) is 5. The second-order valence-corrected chi connectivity index (χ2v) is 7.08. The van der Waals surface area contributed by atoms with Gasteiger partial charge in [0.25, 0.3) is 0 Å². The highest BCUT2D eigenvalue weighted by molar-refractivity contribution is 7.18. The summed E-state index contributed by atoms with van der Waals surface area (Å²) in [6.45, 7) is 4.28. The summed E-state index contributed by atoms with van der Waals surface area (Å²) >= 11 is 1.73. The van der Waals surface area contributed by atoms with Crippen molar-refractivity contribution in [2.24, 2.45) is 7.05 Å². The Balaban J connectivity index is 1.65. The molecule has 0 radical (unpaired) electrons. The molecular weight excluding hydrogens is 296 g/mol. The van der Waals surface area contributed by atoms with Gasteiger partial charge >= 0.3 is 0 Å². The van der Waals surface area contributed by atoms with Crippen LogP contribution in [0.1, 0.15) is 28.2 Å². The molecule has 4 rings (SSSR count). The topological polar surface area (TPSA) is 68.5 Å². The molecule has 1 N–H and O–H groups in total. The van der Waals surface area contributed by atoms with Gasteiger partial charge in [0.15, 0.2) is 0 Å². The predicted molar refractivity (Wildman–Crippen MR) is 87.3 cm³/mol. The molecule has 0 saturated heterocycles. The van der Waals surface area contributed by atoms with Crippen LogP contribution in [0.5, 0.6) is 0 Å². The first-order valence-corrected chi connectivity index (χ1v) is 8.30. The van der Waals surface area contributed by atoms with Gasteiger partial charge in [-0.1, -0.05) is 5.21 Å². The Kier molecular flexibility index (Phi) is 3.11. The first-order chi connectivity index (χ1) is 10.6. The van der Waals surface area contributed by atoms with Crippen molar-refractivity contribution in [1.82, 2.24) is 25.0 Å². The summed E-state index contributed by atoms with van der Waals surface area (Å²) in [6.07, 6.45) is 4.63. The average molecular weight is 314 g/mol. The third-order valence-electron chi connectivity index (χ3n) is 4.50. The quantitative estimate of drug-likeness (QED) is 0.786. The largest absolute Gasteiger partial charge is 0.366 e. The lowest BCUT2D eigenvalue weighted by molar-refractivity contribution is 0.577. The van der Waals surface area contributed by atoms with Crippen LogP contribution in [0.25, 0.3) is 10.2 Å². The second kappa shape index (κ2) is 5.01. The molecule has 1 unspecified atom stereocenters. The van der Waals surface area contributed by atoms with Gasteiger partial charge in [0.1, 0.15) is 17.0 Å². The van der Waals surface area contributed by atoms with Gasteiger partial charge in [0.05, 0.1) is 16.8 Å². The number of aryl methyl sites for hydroxylation is 3. The van der Waals surface area contributed by atoms with Crippen LogP contribution < -0.4 is 5.32 Å². The first-order valence-electron chi connectivity index (χ1n) is 7.48. The van der Waals surface area contributed by atoms with Crippen LogP contribution in [0.2, 0.25) is 0 Å². The van der Waals surface area contributed by atoms with Crippen molar-refractivity contribution < 1.29 is 0 Å². The molecule has 0 aromatic carbocycles. The molecule has 3 heterocycles. The number of fused-ring (bicyclic) bond motifs is 2. The summed E-state index contributed by atoms with van der Waals surface area (Å²) < 4.78 is 1.89. The zero-order valence-corrected chi connectivity index (χ0v) is 13.7. The fraction of sp³-hybridized carbons (Fsp3) is 0.467. The zero-order valence-electron chi connectivity index (χ0n) is 12.9. The van der Waals surface area contributed by atoms with E-state index in [0.29, 0.717) is 6.04 Å². The molecular formula is C15H18N6S. The molecule has 1 aliphatic rings. The SMILES string of the molecule is Cc1sc2ncnc(NC3CCc4c(nnn4C)C3)c2c1C. The van der Waals surface area contributed by atoms with Crippen molar-refractivity contribution in [3.05, 3.63) is 28.2 Å². The van der Waals surface area contributed by atoms with Gasteiger partial charge in [0, 0.05) is 24.4 Å². The first kappa shape index (κ1) is 13.6. The van der Waals surface area contributed by atoms with E-state index in [4.69, 9.17) is 0 Å². The van der Waals surface area contributed by atoms with E-state index < -0.39 is 0 Å². The molecule has 0 amide bonds. The Morgan fingerprint density at radius 1 is 1.32 bits per heavy atom. The highest BCUT2D eigenvalue weighted by Gasteiger charge is 2.24. The van der Waals surface area contributed by atoms with E-state index in [1.807, 2.05) is 11.7 Å². The van der Waals surface area contributed by atoms with Crippen molar-refractivity contribution in [2.45, 2.75) is 39.2 Å². The molecule has 0 bridgehead atoms. The maximum absolute atomic E-state index is 4.48. The fourth-order valence-electron chi connectivity index (χ4n) is 3.14. The summed E-state index contributed by atoms with van der Waals surface area (Å²) in [7, 11) is 1.96. The number of rotatable bonds is 2. The summed E-state index contributed by atoms with van der Waals surface area (Å²) in [5.41, 5.74) is 3.64. The number of anilines is 1. The molecule has 6 nitrogen and oxygen atoms in total. The average Bonchev–Trinajstić information content (AvgIpc) is 3.01. The molecule has 3 aromatic rings. The van der Waals surface area contributed by atoms with Crippen LogP contribution in [-0.4, -0.2) is 31.0 Å². The minimum Gasteiger partial charge on any atom is -0.366 e. The van der Waals surface area contributed by atoms with Crippen molar-refractivity contribution in [1.29, 1.82) is 0 Å². The molecule has 7 heteroatoms. The maximum atomic E-state index is 4.48. The minimum absolute atomic E-state index is 0.349. The molecule has 0 spiro atoms. The van der Waals surface area contributed by atoms with Crippen LogP contribution in [0, 0.1) is 13.8 Å². The van der Waals surface area contributed by atoms with E-state index in [1.54, 1.807) is 17.7 Å². The van der Waals surface area contributed by atoms with Crippen LogP contribution in [0.3, 0.4) is 0 Å². The lowest BCUT2D eigenvalue weighted by atomic mass is 9.95. The van der Waals surface area contributed by atoms with Gasteiger partial charge in [-0.3, -0.25) is 4.68 Å². The molecule has 1 aliphatic carbocycles. The van der Waals surface area contributed by atoms with Gasteiger partial charge in [-0.05, 0) is 32.3 Å². The third-order valence-corrected chi connectivity index (χ3v) is 5.61. The van der Waals surface area contributed by atoms with E-state index in [1.165, 1.54) is 16.1 Å². The molecule has 0 fully saturated rings. The summed E-state index contributed by atoms with van der Waals surface area (Å²) in [5, 5.41) is 13.2. The molecule has 1 atom stereocenters. The van der Waals surface area contributed by atoms with Crippen molar-refractivity contribution in [3.8, 4) is 0 Å². The van der Waals surface area contributed by atoms with Crippen molar-refractivity contribution in [3.63, 3.8) is 0 Å². The number of thiophene rings is 1. The second-order valence-electron chi connectivity index (χ2n) is 5.88.